The zero-order valence-corrected chi connectivity index (χ0v) is 16.4. The Hall–Kier alpha value is -2.03. The van der Waals surface area contributed by atoms with Crippen molar-refractivity contribution in [2.24, 2.45) is 7.05 Å². The van der Waals surface area contributed by atoms with Crippen LogP contribution in [0.15, 0.2) is 29.4 Å². The number of thioether (sulfide) groups is 1. The molecule has 138 valence electrons. The average molecular weight is 394 g/mol. The Morgan fingerprint density at radius 1 is 1.38 bits per heavy atom. The molecule has 0 radical (unpaired) electrons. The number of methoxy groups -OCH3 is 1. The topological polar surface area (TPSA) is 74.0 Å². The Bertz CT molecular complexity index is 937. The minimum Gasteiger partial charge on any atom is -0.383 e. The highest BCUT2D eigenvalue weighted by molar-refractivity contribution is 7.99. The van der Waals surface area contributed by atoms with E-state index < -0.39 is 0 Å². The molecular formula is C17H20ClN5O2S. The van der Waals surface area contributed by atoms with Gasteiger partial charge in [-0.05, 0) is 25.1 Å². The van der Waals surface area contributed by atoms with Crippen LogP contribution in [-0.4, -0.2) is 44.7 Å². The normalized spacial score (nSPS) is 11.2. The first-order valence-electron chi connectivity index (χ1n) is 8.06. The number of rotatable bonds is 7. The van der Waals surface area contributed by atoms with E-state index in [9.17, 15) is 4.79 Å². The first-order chi connectivity index (χ1) is 12.5. The van der Waals surface area contributed by atoms with Crippen LogP contribution in [0.2, 0.25) is 5.02 Å². The van der Waals surface area contributed by atoms with Crippen LogP contribution in [0, 0.1) is 6.92 Å². The molecular weight excluding hydrogens is 374 g/mol. The van der Waals surface area contributed by atoms with Gasteiger partial charge in [-0.15, -0.1) is 0 Å². The molecule has 0 bridgehead atoms. The highest BCUT2D eigenvalue weighted by atomic mass is 35.5. The Morgan fingerprint density at radius 2 is 2.19 bits per heavy atom. The molecule has 9 heteroatoms. The molecule has 0 atom stereocenters. The predicted octanol–water partition coefficient (Wildman–Crippen LogP) is 3.11. The Balaban J connectivity index is 1.74. The standard InChI is InChI=1S/C17H20ClN5O2S/c1-11-8-15(22(2)21-11)20-16(24)10-26-17-19-13-9-12(18)4-5-14(13)23(17)6-7-25-3/h4-5,8-9H,6-7,10H2,1-3H3,(H,20,24). The number of carbonyl (C=O) groups excluding carboxylic acids is 1. The smallest absolute Gasteiger partial charge is 0.235 e. The van der Waals surface area contributed by atoms with Gasteiger partial charge in [0.2, 0.25) is 5.91 Å². The van der Waals surface area contributed by atoms with Gasteiger partial charge < -0.3 is 14.6 Å². The number of amides is 1. The van der Waals surface area contributed by atoms with E-state index in [-0.39, 0.29) is 11.7 Å². The van der Waals surface area contributed by atoms with Crippen LogP contribution < -0.4 is 5.32 Å². The number of hydrogen-bond donors (Lipinski definition) is 1. The number of nitrogens with one attached hydrogen (secondary N) is 1. The minimum absolute atomic E-state index is 0.110. The summed E-state index contributed by atoms with van der Waals surface area (Å²) in [6.45, 7) is 3.09. The molecule has 1 aromatic carbocycles. The third kappa shape index (κ3) is 4.20. The summed E-state index contributed by atoms with van der Waals surface area (Å²) in [7, 11) is 3.45. The van der Waals surface area contributed by atoms with Crippen molar-refractivity contribution in [3.63, 3.8) is 0 Å². The van der Waals surface area contributed by atoms with Gasteiger partial charge in [-0.3, -0.25) is 9.48 Å². The molecule has 7 nitrogen and oxygen atoms in total. The van der Waals surface area contributed by atoms with E-state index in [2.05, 4.69) is 15.4 Å². The Labute approximate surface area is 160 Å². The van der Waals surface area contributed by atoms with Crippen molar-refractivity contribution in [3.05, 3.63) is 35.0 Å². The Kier molecular flexibility index (Phi) is 5.85. The van der Waals surface area contributed by atoms with Crippen LogP contribution in [0.4, 0.5) is 5.82 Å². The lowest BCUT2D eigenvalue weighted by atomic mass is 10.3. The Morgan fingerprint density at radius 3 is 2.88 bits per heavy atom. The molecule has 1 N–H and O–H groups in total. The van der Waals surface area contributed by atoms with Crippen molar-refractivity contribution in [3.8, 4) is 0 Å². The summed E-state index contributed by atoms with van der Waals surface area (Å²) in [5.41, 5.74) is 2.63. The predicted molar refractivity (Wildman–Crippen MR) is 104 cm³/mol. The molecule has 0 aliphatic heterocycles. The maximum atomic E-state index is 12.3. The molecule has 0 fully saturated rings. The highest BCUT2D eigenvalue weighted by Crippen LogP contribution is 2.26. The van der Waals surface area contributed by atoms with Gasteiger partial charge >= 0.3 is 0 Å². The number of halogens is 1. The van der Waals surface area contributed by atoms with Gasteiger partial charge in [-0.1, -0.05) is 23.4 Å². The summed E-state index contributed by atoms with van der Waals surface area (Å²) < 4.78 is 8.88. The van der Waals surface area contributed by atoms with Gasteiger partial charge in [-0.2, -0.15) is 5.10 Å². The van der Waals surface area contributed by atoms with E-state index in [1.165, 1.54) is 11.8 Å². The summed E-state index contributed by atoms with van der Waals surface area (Å²) in [4.78, 5) is 16.9. The molecule has 0 spiro atoms. The molecule has 3 aromatic rings. The number of aryl methyl sites for hydroxylation is 2. The van der Waals surface area contributed by atoms with Gasteiger partial charge in [0, 0.05) is 31.8 Å². The summed E-state index contributed by atoms with van der Waals surface area (Å²) in [6.07, 6.45) is 0. The van der Waals surface area contributed by atoms with E-state index in [1.807, 2.05) is 35.8 Å². The van der Waals surface area contributed by atoms with Gasteiger partial charge in [0.25, 0.3) is 0 Å². The highest BCUT2D eigenvalue weighted by Gasteiger charge is 2.14. The van der Waals surface area contributed by atoms with Crippen LogP contribution in [0.3, 0.4) is 0 Å². The van der Waals surface area contributed by atoms with Crippen molar-refractivity contribution in [1.82, 2.24) is 19.3 Å². The third-order valence-electron chi connectivity index (χ3n) is 3.80. The minimum atomic E-state index is -0.110. The fourth-order valence-electron chi connectivity index (χ4n) is 2.63. The average Bonchev–Trinajstić information content (AvgIpc) is 3.09. The summed E-state index contributed by atoms with van der Waals surface area (Å²) >= 11 is 7.45. The summed E-state index contributed by atoms with van der Waals surface area (Å²) in [5, 5.41) is 8.48. The van der Waals surface area contributed by atoms with Crippen LogP contribution in [0.1, 0.15) is 5.69 Å². The quantitative estimate of drug-likeness (QED) is 0.624. The number of hydrogen-bond acceptors (Lipinski definition) is 5. The van der Waals surface area contributed by atoms with E-state index >= 15 is 0 Å². The number of anilines is 1. The molecule has 0 saturated heterocycles. The fraction of sp³-hybridized carbons (Fsp3) is 0.353. The van der Waals surface area contributed by atoms with Gasteiger partial charge in [0.15, 0.2) is 5.16 Å². The summed E-state index contributed by atoms with van der Waals surface area (Å²) in [5.74, 6) is 0.808. The second kappa shape index (κ2) is 8.11. The lowest BCUT2D eigenvalue weighted by Crippen LogP contribution is -2.17. The molecule has 1 amide bonds. The number of carbonyl (C=O) groups is 1. The monoisotopic (exact) mass is 393 g/mol. The molecule has 2 aromatic heterocycles. The zero-order valence-electron chi connectivity index (χ0n) is 14.8. The first-order valence-corrected chi connectivity index (χ1v) is 9.42. The molecule has 0 unspecified atom stereocenters. The second-order valence-corrected chi connectivity index (χ2v) is 7.18. The molecule has 3 rings (SSSR count). The van der Waals surface area contributed by atoms with Gasteiger partial charge in [0.1, 0.15) is 5.82 Å². The number of ether oxygens (including phenoxy) is 1. The third-order valence-corrected chi connectivity index (χ3v) is 5.01. The van der Waals surface area contributed by atoms with Crippen molar-refractivity contribution in [2.75, 3.05) is 24.8 Å². The van der Waals surface area contributed by atoms with E-state index in [4.69, 9.17) is 16.3 Å². The van der Waals surface area contributed by atoms with Gasteiger partial charge in [0.05, 0.1) is 29.1 Å². The van der Waals surface area contributed by atoms with Gasteiger partial charge in [-0.25, -0.2) is 4.98 Å². The fourth-order valence-corrected chi connectivity index (χ4v) is 3.63. The van der Waals surface area contributed by atoms with Crippen LogP contribution >= 0.6 is 23.4 Å². The summed E-state index contributed by atoms with van der Waals surface area (Å²) in [6, 6.07) is 7.42. The van der Waals surface area contributed by atoms with E-state index in [1.54, 1.807) is 18.8 Å². The van der Waals surface area contributed by atoms with E-state index in [0.29, 0.717) is 24.0 Å². The number of benzene rings is 1. The first kappa shape index (κ1) is 18.8. The number of aromatic nitrogens is 4. The zero-order chi connectivity index (χ0) is 18.7. The van der Waals surface area contributed by atoms with Crippen LogP contribution in [-0.2, 0) is 23.1 Å². The van der Waals surface area contributed by atoms with Crippen LogP contribution in [0.25, 0.3) is 11.0 Å². The maximum Gasteiger partial charge on any atom is 0.235 e. The second-order valence-electron chi connectivity index (χ2n) is 5.80. The number of nitrogens with zero attached hydrogens (tertiary/aromatic N) is 4. The number of imidazole rings is 1. The van der Waals surface area contributed by atoms with Crippen LogP contribution in [0.5, 0.6) is 0 Å². The lowest BCUT2D eigenvalue weighted by Gasteiger charge is -2.08. The van der Waals surface area contributed by atoms with Crippen molar-refractivity contribution in [2.45, 2.75) is 18.6 Å². The molecule has 2 heterocycles. The number of fused-ring (bicyclic) bond motifs is 1. The maximum absolute atomic E-state index is 12.3. The van der Waals surface area contributed by atoms with Crippen molar-refractivity contribution >= 4 is 46.1 Å². The largest absolute Gasteiger partial charge is 0.383 e. The molecule has 0 aliphatic rings. The van der Waals surface area contributed by atoms with Crippen molar-refractivity contribution in [1.29, 1.82) is 0 Å². The lowest BCUT2D eigenvalue weighted by molar-refractivity contribution is -0.113. The van der Waals surface area contributed by atoms with Crippen molar-refractivity contribution < 1.29 is 9.53 Å². The molecule has 26 heavy (non-hydrogen) atoms. The molecule has 0 aliphatic carbocycles. The molecule has 0 saturated carbocycles. The van der Waals surface area contributed by atoms with E-state index in [0.717, 1.165) is 21.9 Å². The SMILES string of the molecule is COCCn1c(SCC(=O)Nc2cc(C)nn2C)nc2cc(Cl)ccc21.